The molecule has 2 unspecified atom stereocenters. The molecule has 1 N–H and O–H groups in total. The first-order valence-electron chi connectivity index (χ1n) is 7.05. The minimum atomic E-state index is 0.586. The number of nitrogens with zero attached hydrogens (tertiary/aromatic N) is 2. The summed E-state index contributed by atoms with van der Waals surface area (Å²) < 4.78 is 5.96. The van der Waals surface area contributed by atoms with E-state index in [0.29, 0.717) is 11.8 Å². The van der Waals surface area contributed by atoms with Crippen LogP contribution in [0, 0.1) is 11.8 Å². The molecule has 0 saturated heterocycles. The lowest BCUT2D eigenvalue weighted by molar-refractivity contribution is 0.191. The number of anilines is 1. The van der Waals surface area contributed by atoms with Crippen LogP contribution >= 0.6 is 0 Å². The van der Waals surface area contributed by atoms with Crippen molar-refractivity contribution in [1.82, 2.24) is 9.97 Å². The largest absolute Gasteiger partial charge is 0.477 e. The Labute approximate surface area is 115 Å². The van der Waals surface area contributed by atoms with E-state index in [-0.39, 0.29) is 0 Å². The quantitative estimate of drug-likeness (QED) is 0.827. The number of nitrogens with one attached hydrogen (secondary N) is 1. The smallest absolute Gasteiger partial charge is 0.221 e. The SMILES string of the molecule is CCc1c(NC)ncnc1OCC1CC=CCC1C. The van der Waals surface area contributed by atoms with Gasteiger partial charge >= 0.3 is 0 Å². The van der Waals surface area contributed by atoms with Crippen molar-refractivity contribution in [2.45, 2.75) is 33.1 Å². The standard InChI is InChI=1S/C15H23N3O/c1-4-13-14(16-3)17-10-18-15(13)19-9-12-8-6-5-7-11(12)2/h5-6,10-12H,4,7-9H2,1-3H3,(H,16,17,18). The van der Waals surface area contributed by atoms with Crippen molar-refractivity contribution >= 4 is 5.82 Å². The van der Waals surface area contributed by atoms with Gasteiger partial charge in [0.15, 0.2) is 0 Å². The fourth-order valence-electron chi connectivity index (χ4n) is 2.48. The van der Waals surface area contributed by atoms with Gasteiger partial charge in [-0.25, -0.2) is 9.97 Å². The van der Waals surface area contributed by atoms with Crippen molar-refractivity contribution in [1.29, 1.82) is 0 Å². The van der Waals surface area contributed by atoms with E-state index >= 15 is 0 Å². The van der Waals surface area contributed by atoms with Crippen molar-refractivity contribution in [3.63, 3.8) is 0 Å². The monoisotopic (exact) mass is 261 g/mol. The zero-order chi connectivity index (χ0) is 13.7. The maximum absolute atomic E-state index is 5.96. The second kappa shape index (κ2) is 6.55. The summed E-state index contributed by atoms with van der Waals surface area (Å²) in [4.78, 5) is 8.50. The normalized spacial score (nSPS) is 22.3. The molecule has 2 atom stereocenters. The van der Waals surface area contributed by atoms with Crippen LogP contribution in [-0.2, 0) is 6.42 Å². The molecule has 4 heteroatoms. The van der Waals surface area contributed by atoms with Gasteiger partial charge in [-0.1, -0.05) is 26.0 Å². The molecule has 104 valence electrons. The summed E-state index contributed by atoms with van der Waals surface area (Å²) in [6.45, 7) is 5.12. The highest BCUT2D eigenvalue weighted by Gasteiger charge is 2.20. The van der Waals surface area contributed by atoms with Crippen molar-refractivity contribution < 1.29 is 4.74 Å². The second-order valence-corrected chi connectivity index (χ2v) is 5.10. The first kappa shape index (κ1) is 13.8. The van der Waals surface area contributed by atoms with Crippen LogP contribution in [0.5, 0.6) is 5.88 Å². The van der Waals surface area contributed by atoms with Gasteiger partial charge in [-0.15, -0.1) is 0 Å². The topological polar surface area (TPSA) is 47.0 Å². The van der Waals surface area contributed by atoms with Gasteiger partial charge in [-0.05, 0) is 31.1 Å². The summed E-state index contributed by atoms with van der Waals surface area (Å²) in [6, 6.07) is 0. The molecule has 0 aromatic carbocycles. The van der Waals surface area contributed by atoms with E-state index in [0.717, 1.165) is 43.1 Å². The van der Waals surface area contributed by atoms with Crippen LogP contribution in [0.4, 0.5) is 5.82 Å². The lowest BCUT2D eigenvalue weighted by atomic mass is 9.85. The van der Waals surface area contributed by atoms with Gasteiger partial charge in [0.1, 0.15) is 12.1 Å². The van der Waals surface area contributed by atoms with Crippen LogP contribution in [0.15, 0.2) is 18.5 Å². The highest BCUT2D eigenvalue weighted by molar-refractivity contribution is 5.48. The van der Waals surface area contributed by atoms with E-state index in [1.165, 1.54) is 0 Å². The molecule has 0 saturated carbocycles. The number of aromatic nitrogens is 2. The first-order valence-corrected chi connectivity index (χ1v) is 7.05. The van der Waals surface area contributed by atoms with Crippen LogP contribution in [0.3, 0.4) is 0 Å². The molecule has 1 aromatic heterocycles. The lowest BCUT2D eigenvalue weighted by Crippen LogP contribution is -2.22. The molecule has 4 nitrogen and oxygen atoms in total. The molecule has 0 fully saturated rings. The lowest BCUT2D eigenvalue weighted by Gasteiger charge is -2.25. The Balaban J connectivity index is 2.05. The minimum Gasteiger partial charge on any atom is -0.477 e. The van der Waals surface area contributed by atoms with Crippen LogP contribution in [-0.4, -0.2) is 23.6 Å². The fourth-order valence-corrected chi connectivity index (χ4v) is 2.48. The molecule has 0 spiro atoms. The Morgan fingerprint density at radius 1 is 1.32 bits per heavy atom. The number of rotatable bonds is 5. The van der Waals surface area contributed by atoms with Gasteiger partial charge in [0, 0.05) is 7.05 Å². The molecule has 0 amide bonds. The van der Waals surface area contributed by atoms with Gasteiger partial charge < -0.3 is 10.1 Å². The Morgan fingerprint density at radius 2 is 2.11 bits per heavy atom. The average Bonchev–Trinajstić information content (AvgIpc) is 2.45. The average molecular weight is 261 g/mol. The molecule has 2 rings (SSSR count). The molecular weight excluding hydrogens is 238 g/mol. The summed E-state index contributed by atoms with van der Waals surface area (Å²) in [6.07, 6.45) is 9.21. The third-order valence-corrected chi connectivity index (χ3v) is 3.85. The summed E-state index contributed by atoms with van der Waals surface area (Å²) in [5, 5.41) is 3.09. The van der Waals surface area contributed by atoms with Crippen LogP contribution in [0.2, 0.25) is 0 Å². The Morgan fingerprint density at radius 3 is 2.79 bits per heavy atom. The number of allylic oxidation sites excluding steroid dienone is 2. The summed E-state index contributed by atoms with van der Waals surface area (Å²) in [5.74, 6) is 2.86. The molecular formula is C15H23N3O. The molecule has 0 aliphatic heterocycles. The molecule has 19 heavy (non-hydrogen) atoms. The first-order chi connectivity index (χ1) is 9.26. The molecule has 0 bridgehead atoms. The minimum absolute atomic E-state index is 0.586. The van der Waals surface area contributed by atoms with Gasteiger partial charge in [0.05, 0.1) is 12.2 Å². The number of hydrogen-bond donors (Lipinski definition) is 1. The van der Waals surface area contributed by atoms with E-state index < -0.39 is 0 Å². The maximum atomic E-state index is 5.96. The number of hydrogen-bond acceptors (Lipinski definition) is 4. The van der Waals surface area contributed by atoms with Crippen molar-refractivity contribution in [3.8, 4) is 5.88 Å². The van der Waals surface area contributed by atoms with E-state index in [1.54, 1.807) is 6.33 Å². The van der Waals surface area contributed by atoms with Crippen molar-refractivity contribution in [2.24, 2.45) is 11.8 Å². The third-order valence-electron chi connectivity index (χ3n) is 3.85. The van der Waals surface area contributed by atoms with Crippen LogP contribution < -0.4 is 10.1 Å². The highest BCUT2D eigenvalue weighted by Crippen LogP contribution is 2.27. The fraction of sp³-hybridized carbons (Fsp3) is 0.600. The van der Waals surface area contributed by atoms with Crippen molar-refractivity contribution in [2.75, 3.05) is 19.0 Å². The van der Waals surface area contributed by atoms with Gasteiger partial charge in [0.2, 0.25) is 5.88 Å². The van der Waals surface area contributed by atoms with Crippen molar-refractivity contribution in [3.05, 3.63) is 24.0 Å². The Kier molecular flexibility index (Phi) is 4.77. The van der Waals surface area contributed by atoms with Gasteiger partial charge in [0.25, 0.3) is 0 Å². The zero-order valence-corrected chi connectivity index (χ0v) is 12.0. The van der Waals surface area contributed by atoms with Crippen LogP contribution in [0.25, 0.3) is 0 Å². The van der Waals surface area contributed by atoms with E-state index in [9.17, 15) is 0 Å². The summed E-state index contributed by atoms with van der Waals surface area (Å²) >= 11 is 0. The predicted octanol–water partition coefficient (Wildman–Crippen LogP) is 3.06. The molecule has 1 aromatic rings. The Bertz CT molecular complexity index is 445. The zero-order valence-electron chi connectivity index (χ0n) is 12.0. The highest BCUT2D eigenvalue weighted by atomic mass is 16.5. The van der Waals surface area contributed by atoms with Crippen LogP contribution in [0.1, 0.15) is 32.3 Å². The molecule has 1 heterocycles. The number of ether oxygens (including phenoxy) is 1. The van der Waals surface area contributed by atoms with Gasteiger partial charge in [-0.3, -0.25) is 0 Å². The van der Waals surface area contributed by atoms with E-state index in [2.05, 4.69) is 41.3 Å². The summed E-state index contributed by atoms with van der Waals surface area (Å²) in [5.41, 5.74) is 1.06. The maximum Gasteiger partial charge on any atom is 0.221 e. The van der Waals surface area contributed by atoms with E-state index in [4.69, 9.17) is 4.74 Å². The molecule has 1 aliphatic carbocycles. The van der Waals surface area contributed by atoms with E-state index in [1.807, 2.05) is 7.05 Å². The van der Waals surface area contributed by atoms with Gasteiger partial charge in [-0.2, -0.15) is 0 Å². The molecule has 0 radical (unpaired) electrons. The third kappa shape index (κ3) is 3.25. The molecule has 1 aliphatic rings. The predicted molar refractivity (Wildman–Crippen MR) is 77.5 cm³/mol. The second-order valence-electron chi connectivity index (χ2n) is 5.10. The Hall–Kier alpha value is -1.58. The summed E-state index contributed by atoms with van der Waals surface area (Å²) in [7, 11) is 1.87.